The number of rotatable bonds is 4. The molecule has 2 aromatic carbocycles. The maximum absolute atomic E-state index is 6.17. The van der Waals surface area contributed by atoms with Crippen molar-refractivity contribution in [2.75, 3.05) is 0 Å². The molecule has 1 unspecified atom stereocenters. The molecule has 34 heavy (non-hydrogen) atoms. The van der Waals surface area contributed by atoms with Crippen LogP contribution in [0.2, 0.25) is 5.02 Å². The number of allylic oxidation sites excluding steroid dienone is 1. The zero-order chi connectivity index (χ0) is 23.1. The molecule has 0 fully saturated rings. The molecular formula is C26H19ClN6O. The Hall–Kier alpha value is -4.10. The first kappa shape index (κ1) is 20.5. The van der Waals surface area contributed by atoms with Crippen molar-refractivity contribution in [3.8, 4) is 17.1 Å². The fourth-order valence-electron chi connectivity index (χ4n) is 4.34. The Kier molecular flexibility index (Phi) is 5.04. The fraction of sp³-hybridized carbons (Fsp3) is 0.115. The van der Waals surface area contributed by atoms with Crippen LogP contribution in [0.25, 0.3) is 22.7 Å². The van der Waals surface area contributed by atoms with E-state index in [1.165, 1.54) is 0 Å². The molecule has 0 radical (unpaired) electrons. The third-order valence-electron chi connectivity index (χ3n) is 5.91. The van der Waals surface area contributed by atoms with Crippen molar-refractivity contribution in [2.24, 2.45) is 0 Å². The minimum Gasteiger partial charge on any atom is -0.421 e. The zero-order valence-corrected chi connectivity index (χ0v) is 19.0. The number of hydrogen-bond donors (Lipinski definition) is 0. The smallest absolute Gasteiger partial charge is 0.249 e. The largest absolute Gasteiger partial charge is 0.421 e. The highest BCUT2D eigenvalue weighted by molar-refractivity contribution is 6.30. The number of fused-ring (bicyclic) bond motifs is 3. The third kappa shape index (κ3) is 3.60. The lowest BCUT2D eigenvalue weighted by Crippen LogP contribution is -2.09. The van der Waals surface area contributed by atoms with Gasteiger partial charge in [-0.15, -0.1) is 20.4 Å². The van der Waals surface area contributed by atoms with E-state index in [4.69, 9.17) is 16.0 Å². The van der Waals surface area contributed by atoms with Crippen LogP contribution in [0.5, 0.6) is 0 Å². The van der Waals surface area contributed by atoms with Crippen molar-refractivity contribution < 1.29 is 4.42 Å². The second kappa shape index (κ2) is 8.35. The molecular weight excluding hydrogens is 448 g/mol. The lowest BCUT2D eigenvalue weighted by Gasteiger charge is -2.13. The van der Waals surface area contributed by atoms with Gasteiger partial charge in [0, 0.05) is 35.3 Å². The van der Waals surface area contributed by atoms with Crippen LogP contribution < -0.4 is 0 Å². The summed E-state index contributed by atoms with van der Waals surface area (Å²) < 4.78 is 8.11. The maximum Gasteiger partial charge on any atom is 0.249 e. The van der Waals surface area contributed by atoms with Crippen LogP contribution in [0, 0.1) is 6.92 Å². The topological polar surface area (TPSA) is 82.5 Å². The number of para-hydroxylation sites is 1. The Labute approximate surface area is 200 Å². The number of benzene rings is 2. The third-order valence-corrected chi connectivity index (χ3v) is 6.16. The Balaban J connectivity index is 1.48. The van der Waals surface area contributed by atoms with Gasteiger partial charge in [0.15, 0.2) is 0 Å². The molecule has 1 aliphatic rings. The van der Waals surface area contributed by atoms with Crippen LogP contribution >= 0.6 is 11.6 Å². The Bertz CT molecular complexity index is 1500. The van der Waals surface area contributed by atoms with E-state index in [1.54, 1.807) is 12.4 Å². The number of hydrogen-bond acceptors (Lipinski definition) is 6. The molecule has 0 amide bonds. The summed E-state index contributed by atoms with van der Waals surface area (Å²) in [6.07, 6.45) is 6.11. The summed E-state index contributed by atoms with van der Waals surface area (Å²) in [6.45, 7) is 1.96. The second-order valence-corrected chi connectivity index (χ2v) is 8.53. The van der Waals surface area contributed by atoms with Gasteiger partial charge in [-0.05, 0) is 48.4 Å². The summed E-state index contributed by atoms with van der Waals surface area (Å²) in [5.74, 6) is 2.48. The molecule has 7 nitrogen and oxygen atoms in total. The number of halogens is 1. The van der Waals surface area contributed by atoms with E-state index < -0.39 is 0 Å². The van der Waals surface area contributed by atoms with E-state index in [-0.39, 0.29) is 5.92 Å². The molecule has 0 saturated carbocycles. The molecule has 0 spiro atoms. The number of nitrogens with zero attached hydrogens (tertiary/aromatic N) is 6. The van der Waals surface area contributed by atoms with Gasteiger partial charge in [-0.25, -0.2) is 0 Å². The van der Waals surface area contributed by atoms with Gasteiger partial charge in [0.2, 0.25) is 11.8 Å². The summed E-state index contributed by atoms with van der Waals surface area (Å²) in [4.78, 5) is 4.14. The maximum atomic E-state index is 6.17. The number of pyridine rings is 1. The molecule has 0 aliphatic carbocycles. The van der Waals surface area contributed by atoms with Gasteiger partial charge >= 0.3 is 0 Å². The highest BCUT2D eigenvalue weighted by Gasteiger charge is 2.28. The first-order valence-electron chi connectivity index (χ1n) is 10.9. The average Bonchev–Trinajstić information content (AvgIpc) is 3.46. The number of aryl methyl sites for hydroxylation is 1. The van der Waals surface area contributed by atoms with E-state index >= 15 is 0 Å². The van der Waals surface area contributed by atoms with Crippen LogP contribution in [-0.4, -0.2) is 29.9 Å². The monoisotopic (exact) mass is 466 g/mol. The van der Waals surface area contributed by atoms with Crippen molar-refractivity contribution in [3.05, 3.63) is 113 Å². The molecule has 0 bridgehead atoms. The molecule has 0 N–H and O–H groups in total. The van der Waals surface area contributed by atoms with E-state index in [0.29, 0.717) is 23.2 Å². The van der Waals surface area contributed by atoms with Gasteiger partial charge in [0.25, 0.3) is 0 Å². The summed E-state index contributed by atoms with van der Waals surface area (Å²) in [5, 5.41) is 18.2. The van der Waals surface area contributed by atoms with Gasteiger partial charge in [-0.2, -0.15) is 0 Å². The minimum atomic E-state index is -0.138. The van der Waals surface area contributed by atoms with E-state index in [1.807, 2.05) is 55.5 Å². The molecule has 6 rings (SSSR count). The van der Waals surface area contributed by atoms with Crippen molar-refractivity contribution in [1.82, 2.24) is 29.9 Å². The highest BCUT2D eigenvalue weighted by Crippen LogP contribution is 2.38. The van der Waals surface area contributed by atoms with Crippen molar-refractivity contribution in [2.45, 2.75) is 19.3 Å². The first-order chi connectivity index (χ1) is 16.7. The SMILES string of the molecule is Cc1nnc2n1-c1ccccc1C(c1ccc(Cl)cc1)=CC2Cc1nnc(-c2cccnc2)o1. The Morgan fingerprint density at radius 3 is 2.59 bits per heavy atom. The summed E-state index contributed by atoms with van der Waals surface area (Å²) in [6, 6.07) is 19.9. The number of aromatic nitrogens is 6. The Morgan fingerprint density at radius 2 is 1.76 bits per heavy atom. The molecule has 4 heterocycles. The first-order valence-corrected chi connectivity index (χ1v) is 11.3. The normalized spacial score (nSPS) is 14.8. The van der Waals surface area contributed by atoms with Crippen LogP contribution in [-0.2, 0) is 6.42 Å². The minimum absolute atomic E-state index is 0.138. The summed E-state index contributed by atoms with van der Waals surface area (Å²) in [5.41, 5.74) is 5.07. The molecule has 5 aromatic rings. The second-order valence-electron chi connectivity index (χ2n) is 8.10. The molecule has 1 atom stereocenters. The summed E-state index contributed by atoms with van der Waals surface area (Å²) >= 11 is 6.17. The van der Waals surface area contributed by atoms with Crippen molar-refractivity contribution >= 4 is 17.2 Å². The fourth-order valence-corrected chi connectivity index (χ4v) is 4.47. The average molecular weight is 467 g/mol. The standard InChI is InChI=1S/C26H19ClN6O/c1-16-29-31-25-19(14-24-30-32-26(34-24)18-5-4-12-28-15-18)13-22(17-8-10-20(27)11-9-17)21-6-2-3-7-23(21)33(16)25/h2-13,15,19H,14H2,1H3. The van der Waals surface area contributed by atoms with Crippen LogP contribution in [0.3, 0.4) is 0 Å². The quantitative estimate of drug-likeness (QED) is 0.350. The van der Waals surface area contributed by atoms with Crippen molar-refractivity contribution in [1.29, 1.82) is 0 Å². The van der Waals surface area contributed by atoms with E-state index in [2.05, 4.69) is 48.2 Å². The van der Waals surface area contributed by atoms with E-state index in [0.717, 1.165) is 39.6 Å². The van der Waals surface area contributed by atoms with Crippen LogP contribution in [0.4, 0.5) is 0 Å². The lowest BCUT2D eigenvalue weighted by molar-refractivity contribution is 0.490. The van der Waals surface area contributed by atoms with Gasteiger partial charge in [0.1, 0.15) is 11.6 Å². The predicted molar refractivity (Wildman–Crippen MR) is 129 cm³/mol. The van der Waals surface area contributed by atoms with Gasteiger partial charge in [0.05, 0.1) is 11.3 Å². The van der Waals surface area contributed by atoms with Gasteiger partial charge < -0.3 is 4.42 Å². The lowest BCUT2D eigenvalue weighted by atomic mass is 9.93. The zero-order valence-electron chi connectivity index (χ0n) is 18.3. The Morgan fingerprint density at radius 1 is 0.912 bits per heavy atom. The van der Waals surface area contributed by atoms with E-state index in [9.17, 15) is 0 Å². The van der Waals surface area contributed by atoms with Crippen LogP contribution in [0.1, 0.15) is 34.6 Å². The molecule has 166 valence electrons. The molecule has 8 heteroatoms. The van der Waals surface area contributed by atoms with Crippen LogP contribution in [0.15, 0.2) is 83.6 Å². The predicted octanol–water partition coefficient (Wildman–Crippen LogP) is 5.45. The van der Waals surface area contributed by atoms with Gasteiger partial charge in [-0.1, -0.05) is 48.0 Å². The summed E-state index contributed by atoms with van der Waals surface area (Å²) in [7, 11) is 0. The molecule has 1 aliphatic heterocycles. The molecule has 3 aromatic heterocycles. The molecule has 0 saturated heterocycles. The highest BCUT2D eigenvalue weighted by atomic mass is 35.5. The van der Waals surface area contributed by atoms with Crippen molar-refractivity contribution in [3.63, 3.8) is 0 Å². The van der Waals surface area contributed by atoms with Gasteiger partial charge in [-0.3, -0.25) is 9.55 Å².